The molecule has 0 spiro atoms. The molecule has 0 N–H and O–H groups in total. The molecule has 1 aliphatic carbocycles. The van der Waals surface area contributed by atoms with Gasteiger partial charge < -0.3 is 0 Å². The number of hydrogen-bond acceptors (Lipinski definition) is 3. The van der Waals surface area contributed by atoms with Gasteiger partial charge >= 0.3 is 6.18 Å². The second-order valence-electron chi connectivity index (χ2n) is 6.33. The van der Waals surface area contributed by atoms with Gasteiger partial charge in [0.2, 0.25) is 5.43 Å². The monoisotopic (exact) mass is 438 g/mol. The molecular weight excluding hydrogens is 424 g/mol. The molecule has 1 aliphatic rings. The molecule has 1 atom stereocenters. The van der Waals surface area contributed by atoms with Crippen LogP contribution in [0.1, 0.15) is 31.4 Å². The first-order valence-electron chi connectivity index (χ1n) is 8.15. The Hall–Kier alpha value is -1.38. The molecule has 0 aliphatic heterocycles. The summed E-state index contributed by atoms with van der Waals surface area (Å²) in [5.41, 5.74) is -2.24. The molecule has 0 saturated heterocycles. The van der Waals surface area contributed by atoms with E-state index in [0.29, 0.717) is 15.6 Å². The van der Waals surface area contributed by atoms with E-state index in [9.17, 15) is 22.2 Å². The highest BCUT2D eigenvalue weighted by Crippen LogP contribution is 2.36. The second-order valence-corrected chi connectivity index (χ2v) is 8.85. The second kappa shape index (κ2) is 7.56. The predicted octanol–water partition coefficient (Wildman–Crippen LogP) is 4.82. The summed E-state index contributed by atoms with van der Waals surface area (Å²) in [5.74, 6) is 0. The van der Waals surface area contributed by atoms with Crippen LogP contribution in [-0.4, -0.2) is 19.2 Å². The molecule has 1 heterocycles. The van der Waals surface area contributed by atoms with Crippen LogP contribution in [0.3, 0.4) is 0 Å². The lowest BCUT2D eigenvalue weighted by molar-refractivity contribution is -0.144. The van der Waals surface area contributed by atoms with Crippen molar-refractivity contribution in [2.24, 2.45) is 7.05 Å². The molecule has 0 bridgehead atoms. The molecule has 1 aromatic heterocycles. The van der Waals surface area contributed by atoms with Crippen LogP contribution in [0.15, 0.2) is 27.9 Å². The molecule has 2 aromatic rings. The zero-order valence-corrected chi connectivity index (χ0v) is 16.5. The molecule has 1 unspecified atom stereocenters. The van der Waals surface area contributed by atoms with Crippen molar-refractivity contribution in [3.05, 3.63) is 44.2 Å². The third-order valence-electron chi connectivity index (χ3n) is 4.49. The van der Waals surface area contributed by atoms with Gasteiger partial charge in [-0.05, 0) is 25.0 Å². The van der Waals surface area contributed by atoms with Gasteiger partial charge in [-0.3, -0.25) is 13.7 Å². The quantitative estimate of drug-likeness (QED) is 0.689. The number of halogens is 5. The maximum absolute atomic E-state index is 13.0. The maximum Gasteiger partial charge on any atom is 0.433 e. The first-order valence-corrected chi connectivity index (χ1v) is 10.1. The SMILES string of the molecule is Cn1nc(-c2cc(S(=O)C3CCCC3)c(Cl)cc2Cl)c(=O)cc1C(F)(F)F. The van der Waals surface area contributed by atoms with Crippen LogP contribution >= 0.6 is 23.2 Å². The van der Waals surface area contributed by atoms with Gasteiger partial charge in [0.1, 0.15) is 11.4 Å². The van der Waals surface area contributed by atoms with Crippen molar-refractivity contribution < 1.29 is 17.4 Å². The average Bonchev–Trinajstić information content (AvgIpc) is 3.10. The Kier molecular flexibility index (Phi) is 5.70. The molecule has 0 amide bonds. The molecule has 3 rings (SSSR count). The molecule has 27 heavy (non-hydrogen) atoms. The molecule has 1 saturated carbocycles. The predicted molar refractivity (Wildman–Crippen MR) is 98.6 cm³/mol. The largest absolute Gasteiger partial charge is 0.433 e. The third kappa shape index (κ3) is 4.07. The van der Waals surface area contributed by atoms with Crippen LogP contribution in [0.5, 0.6) is 0 Å². The van der Waals surface area contributed by atoms with E-state index in [1.54, 1.807) is 0 Å². The zero-order chi connectivity index (χ0) is 19.9. The van der Waals surface area contributed by atoms with E-state index in [-0.39, 0.29) is 26.6 Å². The lowest BCUT2D eigenvalue weighted by atomic mass is 10.1. The molecule has 0 radical (unpaired) electrons. The molecule has 146 valence electrons. The van der Waals surface area contributed by atoms with Gasteiger partial charge in [0.15, 0.2) is 0 Å². The zero-order valence-electron chi connectivity index (χ0n) is 14.1. The summed E-state index contributed by atoms with van der Waals surface area (Å²) in [6, 6.07) is 3.22. The summed E-state index contributed by atoms with van der Waals surface area (Å²) in [5, 5.41) is 3.96. The van der Waals surface area contributed by atoms with E-state index in [1.807, 2.05) is 0 Å². The van der Waals surface area contributed by atoms with E-state index in [0.717, 1.165) is 32.7 Å². The van der Waals surface area contributed by atoms with Crippen LogP contribution in [-0.2, 0) is 24.0 Å². The minimum absolute atomic E-state index is 0.0417. The molecular formula is C17H15Cl2F3N2O2S. The maximum atomic E-state index is 13.0. The highest BCUT2D eigenvalue weighted by molar-refractivity contribution is 7.85. The summed E-state index contributed by atoms with van der Waals surface area (Å²) in [7, 11) is -0.310. The third-order valence-corrected chi connectivity index (χ3v) is 7.07. The number of hydrogen-bond donors (Lipinski definition) is 0. The number of benzene rings is 1. The summed E-state index contributed by atoms with van der Waals surface area (Å²) >= 11 is 12.3. The van der Waals surface area contributed by atoms with E-state index >= 15 is 0 Å². The van der Waals surface area contributed by atoms with E-state index in [2.05, 4.69) is 5.10 Å². The number of nitrogens with zero attached hydrogens (tertiary/aromatic N) is 2. The minimum Gasteiger partial charge on any atom is -0.287 e. The molecule has 1 aromatic carbocycles. The first kappa shape index (κ1) is 20.4. The van der Waals surface area contributed by atoms with E-state index in [4.69, 9.17) is 23.2 Å². The Balaban J connectivity index is 2.12. The van der Waals surface area contributed by atoms with Crippen molar-refractivity contribution in [1.29, 1.82) is 0 Å². The van der Waals surface area contributed by atoms with E-state index in [1.165, 1.54) is 12.1 Å². The standard InChI is InChI=1S/C17H15Cl2F3N2O2S/c1-24-15(17(20,21)22)8-13(25)16(23-24)10-6-14(12(19)7-11(10)18)27(26)9-4-2-3-5-9/h6-9H,2-5H2,1H3. The van der Waals surface area contributed by atoms with Crippen molar-refractivity contribution in [2.75, 3.05) is 0 Å². The summed E-state index contributed by atoms with van der Waals surface area (Å²) in [6.07, 6.45) is -1.13. The lowest BCUT2D eigenvalue weighted by Crippen LogP contribution is -2.22. The van der Waals surface area contributed by atoms with Gasteiger partial charge in [0, 0.05) is 23.9 Å². The fourth-order valence-electron chi connectivity index (χ4n) is 3.14. The van der Waals surface area contributed by atoms with Gasteiger partial charge in [-0.1, -0.05) is 36.0 Å². The lowest BCUT2D eigenvalue weighted by Gasteiger charge is -2.15. The van der Waals surface area contributed by atoms with Gasteiger partial charge in [0.25, 0.3) is 0 Å². The fraction of sp³-hybridized carbons (Fsp3) is 0.412. The van der Waals surface area contributed by atoms with Crippen molar-refractivity contribution >= 4 is 34.0 Å². The highest BCUT2D eigenvalue weighted by Gasteiger charge is 2.35. The Morgan fingerprint density at radius 1 is 1.15 bits per heavy atom. The van der Waals surface area contributed by atoms with Crippen LogP contribution in [0.2, 0.25) is 10.0 Å². The number of alkyl halides is 3. The van der Waals surface area contributed by atoms with Gasteiger partial charge in [-0.15, -0.1) is 0 Å². The van der Waals surface area contributed by atoms with E-state index < -0.39 is 28.1 Å². The molecule has 1 fully saturated rings. The Morgan fingerprint density at radius 3 is 2.37 bits per heavy atom. The topological polar surface area (TPSA) is 52.0 Å². The number of rotatable bonds is 3. The van der Waals surface area contributed by atoms with Crippen molar-refractivity contribution in [3.8, 4) is 11.3 Å². The number of aromatic nitrogens is 2. The average molecular weight is 439 g/mol. The Bertz CT molecular complexity index is 970. The van der Waals surface area contributed by atoms with Crippen LogP contribution in [0.25, 0.3) is 11.3 Å². The molecule has 4 nitrogen and oxygen atoms in total. The van der Waals surface area contributed by atoms with Gasteiger partial charge in [0.05, 0.1) is 25.7 Å². The van der Waals surface area contributed by atoms with Gasteiger partial charge in [-0.25, -0.2) is 0 Å². The highest BCUT2D eigenvalue weighted by atomic mass is 35.5. The smallest absolute Gasteiger partial charge is 0.287 e. The number of aryl methyl sites for hydroxylation is 1. The minimum atomic E-state index is -4.71. The summed E-state index contributed by atoms with van der Waals surface area (Å²) < 4.78 is 52.3. The van der Waals surface area contributed by atoms with Crippen molar-refractivity contribution in [3.63, 3.8) is 0 Å². The summed E-state index contributed by atoms with van der Waals surface area (Å²) in [6.45, 7) is 0. The van der Waals surface area contributed by atoms with Gasteiger partial charge in [-0.2, -0.15) is 18.3 Å². The summed E-state index contributed by atoms with van der Waals surface area (Å²) in [4.78, 5) is 12.6. The normalized spacial score (nSPS) is 16.7. The van der Waals surface area contributed by atoms with Crippen molar-refractivity contribution in [2.45, 2.75) is 42.0 Å². The fourth-order valence-corrected chi connectivity index (χ4v) is 5.44. The van der Waals surface area contributed by atoms with Crippen LogP contribution in [0.4, 0.5) is 13.2 Å². The van der Waals surface area contributed by atoms with Crippen LogP contribution in [0, 0.1) is 0 Å². The molecule has 10 heteroatoms. The Labute approximate surface area is 165 Å². The first-order chi connectivity index (χ1) is 12.6. The van der Waals surface area contributed by atoms with Crippen molar-refractivity contribution in [1.82, 2.24) is 9.78 Å². The van der Waals surface area contributed by atoms with Crippen LogP contribution < -0.4 is 5.43 Å². The Morgan fingerprint density at radius 2 is 1.78 bits per heavy atom.